The van der Waals surface area contributed by atoms with Crippen molar-refractivity contribution in [1.29, 1.82) is 5.26 Å². The zero-order valence-electron chi connectivity index (χ0n) is 17.8. The maximum absolute atomic E-state index is 12.9. The summed E-state index contributed by atoms with van der Waals surface area (Å²) in [6.45, 7) is 5.72. The molecule has 0 amide bonds. The molecule has 0 saturated heterocycles. The third-order valence-corrected chi connectivity index (χ3v) is 7.94. The van der Waals surface area contributed by atoms with Crippen LogP contribution in [-0.2, 0) is 11.0 Å². The number of aromatic nitrogens is 1. The fraction of sp³-hybridized carbons (Fsp3) is 0.160. The Kier molecular flexibility index (Phi) is 6.38. The highest BCUT2D eigenvalue weighted by Crippen LogP contribution is 2.37. The van der Waals surface area contributed by atoms with E-state index in [1.165, 1.54) is 0 Å². The second kappa shape index (κ2) is 9.07. The SMILES string of the molecule is CC(C)(C)S(=O)/N=C(\c1ccc(C#N)cc1)c1cc2c(Br)cc(-c3cccnc3)cc2s1. The molecular weight excluding hydrogens is 502 g/mol. The summed E-state index contributed by atoms with van der Waals surface area (Å²) in [5.74, 6) is 0. The Hall–Kier alpha value is -2.66. The largest absolute Gasteiger partial charge is 0.264 e. The second-order valence-corrected chi connectivity index (χ2v) is 12.1. The summed E-state index contributed by atoms with van der Waals surface area (Å²) in [7, 11) is -1.43. The van der Waals surface area contributed by atoms with Gasteiger partial charge in [-0.15, -0.1) is 11.3 Å². The zero-order chi connectivity index (χ0) is 22.9. The number of thiophene rings is 1. The Morgan fingerprint density at radius 2 is 1.88 bits per heavy atom. The van der Waals surface area contributed by atoms with Crippen LogP contribution in [0.5, 0.6) is 0 Å². The van der Waals surface area contributed by atoms with Crippen molar-refractivity contribution >= 4 is 54.1 Å². The summed E-state index contributed by atoms with van der Waals surface area (Å²) in [5.41, 5.74) is 4.18. The topological polar surface area (TPSA) is 66.1 Å². The Balaban J connectivity index is 1.87. The molecule has 0 aliphatic carbocycles. The lowest BCUT2D eigenvalue weighted by Gasteiger charge is -2.15. The summed E-state index contributed by atoms with van der Waals surface area (Å²) >= 11 is 5.32. The highest BCUT2D eigenvalue weighted by Gasteiger charge is 2.22. The van der Waals surface area contributed by atoms with E-state index in [9.17, 15) is 4.21 Å². The quantitative estimate of drug-likeness (QED) is 0.274. The van der Waals surface area contributed by atoms with E-state index in [1.807, 2.05) is 51.2 Å². The van der Waals surface area contributed by atoms with Crippen molar-refractivity contribution < 1.29 is 4.21 Å². The monoisotopic (exact) mass is 521 g/mol. The van der Waals surface area contributed by atoms with Gasteiger partial charge in [0.1, 0.15) is 11.0 Å². The number of hydrogen-bond donors (Lipinski definition) is 0. The molecule has 7 heteroatoms. The molecule has 0 radical (unpaired) electrons. The van der Waals surface area contributed by atoms with Crippen LogP contribution < -0.4 is 0 Å². The van der Waals surface area contributed by atoms with E-state index in [2.05, 4.69) is 49.6 Å². The molecule has 2 aromatic heterocycles. The predicted octanol–water partition coefficient (Wildman–Crippen LogP) is 6.90. The number of nitriles is 1. The molecule has 0 bridgehead atoms. The fourth-order valence-corrected chi connectivity index (χ4v) is 5.62. The van der Waals surface area contributed by atoms with E-state index in [0.29, 0.717) is 11.3 Å². The molecule has 0 saturated carbocycles. The molecule has 4 aromatic rings. The minimum atomic E-state index is -1.43. The third kappa shape index (κ3) is 4.73. The van der Waals surface area contributed by atoms with Gasteiger partial charge in [-0.05, 0) is 62.7 Å². The number of nitrogens with zero attached hydrogens (tertiary/aromatic N) is 3. The molecule has 4 rings (SSSR count). The van der Waals surface area contributed by atoms with E-state index in [4.69, 9.17) is 5.26 Å². The molecule has 0 aliphatic rings. The number of hydrogen-bond acceptors (Lipinski definition) is 4. The Morgan fingerprint density at radius 1 is 1.12 bits per heavy atom. The van der Waals surface area contributed by atoms with Crippen molar-refractivity contribution in [3.05, 3.63) is 87.5 Å². The highest BCUT2D eigenvalue weighted by atomic mass is 79.9. The summed E-state index contributed by atoms with van der Waals surface area (Å²) in [6, 6.07) is 19.6. The molecule has 0 aliphatic heterocycles. The van der Waals surface area contributed by atoms with Crippen LogP contribution in [0.1, 0.15) is 36.8 Å². The summed E-state index contributed by atoms with van der Waals surface area (Å²) in [5, 5.41) is 10.2. The second-order valence-electron chi connectivity index (χ2n) is 8.21. The van der Waals surface area contributed by atoms with E-state index >= 15 is 0 Å². The molecule has 1 atom stereocenters. The predicted molar refractivity (Wildman–Crippen MR) is 137 cm³/mol. The number of halogens is 1. The molecule has 0 spiro atoms. The van der Waals surface area contributed by atoms with Crippen molar-refractivity contribution in [2.24, 2.45) is 4.40 Å². The Morgan fingerprint density at radius 3 is 2.50 bits per heavy atom. The first-order valence-corrected chi connectivity index (χ1v) is 12.6. The molecule has 0 N–H and O–H groups in total. The fourth-order valence-electron chi connectivity index (χ4n) is 3.08. The number of rotatable bonds is 4. The molecule has 160 valence electrons. The first-order chi connectivity index (χ1) is 15.3. The van der Waals surface area contributed by atoms with Crippen LogP contribution in [0.2, 0.25) is 0 Å². The number of benzene rings is 2. The first kappa shape index (κ1) is 22.5. The molecular formula is C25H20BrN3OS2. The average Bonchev–Trinajstić information content (AvgIpc) is 3.22. The van der Waals surface area contributed by atoms with Gasteiger partial charge in [-0.1, -0.05) is 34.1 Å². The number of pyridine rings is 1. The summed E-state index contributed by atoms with van der Waals surface area (Å²) in [4.78, 5) is 5.15. The minimum absolute atomic E-state index is 0.484. The first-order valence-electron chi connectivity index (χ1n) is 9.91. The van der Waals surface area contributed by atoms with E-state index in [0.717, 1.165) is 36.1 Å². The maximum Gasteiger partial charge on any atom is 0.145 e. The van der Waals surface area contributed by atoms with E-state index in [-0.39, 0.29) is 0 Å². The Labute approximate surface area is 202 Å². The average molecular weight is 522 g/mol. The highest BCUT2D eigenvalue weighted by molar-refractivity contribution is 9.10. The zero-order valence-corrected chi connectivity index (χ0v) is 21.0. The van der Waals surface area contributed by atoms with Crippen LogP contribution in [0.3, 0.4) is 0 Å². The van der Waals surface area contributed by atoms with Gasteiger partial charge in [-0.3, -0.25) is 4.98 Å². The van der Waals surface area contributed by atoms with Gasteiger partial charge in [0.15, 0.2) is 0 Å². The Bertz CT molecular complexity index is 1380. The van der Waals surface area contributed by atoms with Crippen molar-refractivity contribution in [1.82, 2.24) is 4.98 Å². The van der Waals surface area contributed by atoms with Crippen molar-refractivity contribution in [3.63, 3.8) is 0 Å². The lowest BCUT2D eigenvalue weighted by Crippen LogP contribution is -2.21. The molecule has 0 fully saturated rings. The molecule has 32 heavy (non-hydrogen) atoms. The van der Waals surface area contributed by atoms with Gasteiger partial charge in [0.25, 0.3) is 0 Å². The van der Waals surface area contributed by atoms with Gasteiger partial charge in [0.05, 0.1) is 27.0 Å². The van der Waals surface area contributed by atoms with Crippen LogP contribution in [-0.4, -0.2) is 19.7 Å². The van der Waals surface area contributed by atoms with Crippen molar-refractivity contribution in [2.75, 3.05) is 0 Å². The third-order valence-electron chi connectivity index (χ3n) is 4.80. The van der Waals surface area contributed by atoms with Gasteiger partial charge in [0.2, 0.25) is 0 Å². The van der Waals surface area contributed by atoms with E-state index < -0.39 is 15.7 Å². The van der Waals surface area contributed by atoms with Crippen LogP contribution in [0.25, 0.3) is 21.2 Å². The van der Waals surface area contributed by atoms with Crippen LogP contribution in [0.15, 0.2) is 75.9 Å². The number of fused-ring (bicyclic) bond motifs is 1. The van der Waals surface area contributed by atoms with Crippen LogP contribution in [0, 0.1) is 11.3 Å². The maximum atomic E-state index is 12.9. The van der Waals surface area contributed by atoms with Gasteiger partial charge < -0.3 is 0 Å². The van der Waals surface area contributed by atoms with Crippen LogP contribution in [0.4, 0.5) is 0 Å². The van der Waals surface area contributed by atoms with Gasteiger partial charge >= 0.3 is 0 Å². The summed E-state index contributed by atoms with van der Waals surface area (Å²) in [6.07, 6.45) is 3.61. The lowest BCUT2D eigenvalue weighted by molar-refractivity contribution is 0.650. The van der Waals surface area contributed by atoms with E-state index in [1.54, 1.807) is 29.7 Å². The molecule has 2 aromatic carbocycles. The van der Waals surface area contributed by atoms with Gasteiger partial charge in [0, 0.05) is 38.1 Å². The van der Waals surface area contributed by atoms with Gasteiger partial charge in [-0.25, -0.2) is 4.21 Å². The molecule has 4 nitrogen and oxygen atoms in total. The van der Waals surface area contributed by atoms with Crippen molar-refractivity contribution in [2.45, 2.75) is 25.5 Å². The standard InChI is InChI=1S/C25H20BrN3OS2/c1-25(2,3)32(30)29-24(17-8-6-16(14-27)7-9-17)23-13-20-21(26)11-19(12-22(20)31-23)18-5-4-10-28-15-18/h4-13,15H,1-3H3/b29-24+. The van der Waals surface area contributed by atoms with Crippen molar-refractivity contribution in [3.8, 4) is 17.2 Å². The molecule has 1 unspecified atom stereocenters. The normalized spacial score (nSPS) is 13.2. The lowest BCUT2D eigenvalue weighted by atomic mass is 10.1. The van der Waals surface area contributed by atoms with Crippen LogP contribution >= 0.6 is 27.3 Å². The van der Waals surface area contributed by atoms with Gasteiger partial charge in [-0.2, -0.15) is 9.66 Å². The smallest absolute Gasteiger partial charge is 0.145 e. The summed E-state index contributed by atoms with van der Waals surface area (Å²) < 4.78 is 19.2. The minimum Gasteiger partial charge on any atom is -0.264 e. The molecule has 2 heterocycles.